The lowest BCUT2D eigenvalue weighted by Crippen LogP contribution is -2.42. The predicted molar refractivity (Wildman–Crippen MR) is 79.5 cm³/mol. The van der Waals surface area contributed by atoms with Gasteiger partial charge in [0.25, 0.3) is 0 Å². The Morgan fingerprint density at radius 3 is 2.19 bits per heavy atom. The quantitative estimate of drug-likeness (QED) is 0.480. The SMILES string of the molecule is CC(=O)N(N/N=C(\Cl)c1cccc(/C(Cl)=N\N)n1)C(C)=O. The maximum atomic E-state index is 11.2. The van der Waals surface area contributed by atoms with Crippen molar-refractivity contribution >= 4 is 45.4 Å². The average Bonchev–Trinajstić information content (AvgIpc) is 2.45. The molecule has 0 unspecified atom stereocenters. The van der Waals surface area contributed by atoms with Crippen LogP contribution in [-0.2, 0) is 9.59 Å². The molecule has 0 saturated carbocycles. The van der Waals surface area contributed by atoms with E-state index in [1.807, 2.05) is 0 Å². The van der Waals surface area contributed by atoms with E-state index in [1.54, 1.807) is 18.2 Å². The topological polar surface area (TPSA) is 113 Å². The van der Waals surface area contributed by atoms with E-state index in [4.69, 9.17) is 29.0 Å². The van der Waals surface area contributed by atoms with Crippen LogP contribution in [0.3, 0.4) is 0 Å². The molecule has 0 bridgehead atoms. The Balaban J connectivity index is 2.97. The third-order valence-corrected chi connectivity index (χ3v) is 2.73. The van der Waals surface area contributed by atoms with Gasteiger partial charge in [0, 0.05) is 13.8 Å². The van der Waals surface area contributed by atoms with Crippen LogP contribution in [0.2, 0.25) is 0 Å². The van der Waals surface area contributed by atoms with Gasteiger partial charge in [-0.25, -0.2) is 10.5 Å². The number of hydrazine groups is 1. The molecule has 2 amide bonds. The molecule has 0 saturated heterocycles. The van der Waals surface area contributed by atoms with Crippen LogP contribution >= 0.6 is 23.2 Å². The number of nitrogens with two attached hydrogens (primary N) is 1. The number of rotatable bonds is 4. The lowest BCUT2D eigenvalue weighted by atomic mass is 10.3. The molecule has 0 radical (unpaired) electrons. The molecule has 0 aliphatic rings. The number of halogens is 2. The molecule has 21 heavy (non-hydrogen) atoms. The summed E-state index contributed by atoms with van der Waals surface area (Å²) >= 11 is 11.7. The van der Waals surface area contributed by atoms with Crippen LogP contribution in [0.15, 0.2) is 28.4 Å². The second-order valence-electron chi connectivity index (χ2n) is 3.70. The minimum atomic E-state index is -0.532. The lowest BCUT2D eigenvalue weighted by molar-refractivity contribution is -0.145. The van der Waals surface area contributed by atoms with E-state index in [9.17, 15) is 9.59 Å². The van der Waals surface area contributed by atoms with Crippen LogP contribution in [0.4, 0.5) is 0 Å². The minimum absolute atomic E-state index is 0.00312. The Hall–Kier alpha value is -2.19. The van der Waals surface area contributed by atoms with Gasteiger partial charge < -0.3 is 5.84 Å². The van der Waals surface area contributed by atoms with Crippen LogP contribution < -0.4 is 11.4 Å². The van der Waals surface area contributed by atoms with Gasteiger partial charge in [0.05, 0.1) is 0 Å². The molecule has 1 aromatic heterocycles. The first-order valence-corrected chi connectivity index (χ1v) is 6.33. The molecular weight excluding hydrogens is 319 g/mol. The summed E-state index contributed by atoms with van der Waals surface area (Å²) in [5.74, 6) is 3.99. The normalized spacial score (nSPS) is 12.0. The zero-order valence-corrected chi connectivity index (χ0v) is 12.7. The summed E-state index contributed by atoms with van der Waals surface area (Å²) < 4.78 is 0. The van der Waals surface area contributed by atoms with Gasteiger partial charge in [-0.05, 0) is 12.1 Å². The number of hydrogen-bond acceptors (Lipinski definition) is 7. The molecule has 8 nitrogen and oxygen atoms in total. The third-order valence-electron chi connectivity index (χ3n) is 2.16. The van der Waals surface area contributed by atoms with Crippen molar-refractivity contribution < 1.29 is 9.59 Å². The molecule has 0 spiro atoms. The van der Waals surface area contributed by atoms with E-state index >= 15 is 0 Å². The van der Waals surface area contributed by atoms with Crippen LogP contribution in [0.5, 0.6) is 0 Å². The van der Waals surface area contributed by atoms with Gasteiger partial charge in [-0.1, -0.05) is 29.3 Å². The van der Waals surface area contributed by atoms with Gasteiger partial charge in [-0.2, -0.15) is 10.1 Å². The fourth-order valence-electron chi connectivity index (χ4n) is 1.24. The first kappa shape index (κ1) is 16.9. The van der Waals surface area contributed by atoms with Crippen molar-refractivity contribution in [3.63, 3.8) is 0 Å². The standard InChI is InChI=1S/C11H12Cl2N6O2/c1-6(20)19(7(2)21)18-17-11(13)9-5-3-4-8(15-9)10(12)16-14/h3-5,18H,14H2,1-2H3/b16-10+,17-11-. The molecule has 1 rings (SSSR count). The van der Waals surface area contributed by atoms with Crippen LogP contribution in [0, 0.1) is 0 Å². The van der Waals surface area contributed by atoms with Crippen molar-refractivity contribution in [3.05, 3.63) is 29.6 Å². The smallest absolute Gasteiger partial charge is 0.246 e. The number of imide groups is 1. The van der Waals surface area contributed by atoms with Gasteiger partial charge in [-0.15, -0.1) is 5.10 Å². The van der Waals surface area contributed by atoms with E-state index in [1.165, 1.54) is 13.8 Å². The zero-order chi connectivity index (χ0) is 16.0. The maximum absolute atomic E-state index is 11.2. The number of carbonyl (C=O) groups is 2. The summed E-state index contributed by atoms with van der Waals surface area (Å²) in [5, 5.41) is 7.63. The first-order chi connectivity index (χ1) is 9.86. The number of aromatic nitrogens is 1. The largest absolute Gasteiger partial charge is 0.322 e. The second-order valence-corrected chi connectivity index (χ2v) is 4.42. The highest BCUT2D eigenvalue weighted by Gasteiger charge is 2.13. The Kier molecular flexibility index (Phi) is 6.07. The van der Waals surface area contributed by atoms with Crippen LogP contribution in [0.1, 0.15) is 25.2 Å². The van der Waals surface area contributed by atoms with Crippen LogP contribution in [-0.4, -0.2) is 32.1 Å². The second kappa shape index (κ2) is 7.55. The van der Waals surface area contributed by atoms with Crippen molar-refractivity contribution in [2.45, 2.75) is 13.8 Å². The summed E-state index contributed by atoms with van der Waals surface area (Å²) in [4.78, 5) is 26.4. The Morgan fingerprint density at radius 2 is 1.71 bits per heavy atom. The number of pyridine rings is 1. The maximum Gasteiger partial charge on any atom is 0.246 e. The van der Waals surface area contributed by atoms with Crippen molar-refractivity contribution in [2.24, 2.45) is 16.0 Å². The highest BCUT2D eigenvalue weighted by atomic mass is 35.5. The number of nitrogens with zero attached hydrogens (tertiary/aromatic N) is 4. The van der Waals surface area contributed by atoms with Crippen molar-refractivity contribution in [2.75, 3.05) is 0 Å². The number of amides is 2. The van der Waals surface area contributed by atoms with E-state index < -0.39 is 11.8 Å². The van der Waals surface area contributed by atoms with Crippen molar-refractivity contribution in [1.29, 1.82) is 0 Å². The highest BCUT2D eigenvalue weighted by Crippen LogP contribution is 2.07. The summed E-state index contributed by atoms with van der Waals surface area (Å²) in [6, 6.07) is 4.76. The Morgan fingerprint density at radius 1 is 1.19 bits per heavy atom. The van der Waals surface area contributed by atoms with Crippen molar-refractivity contribution in [3.8, 4) is 0 Å². The van der Waals surface area contributed by atoms with Crippen molar-refractivity contribution in [1.82, 2.24) is 15.5 Å². The van der Waals surface area contributed by atoms with Gasteiger partial charge in [0.2, 0.25) is 11.8 Å². The highest BCUT2D eigenvalue weighted by molar-refractivity contribution is 6.70. The molecule has 0 aromatic carbocycles. The fraction of sp³-hybridized carbons (Fsp3) is 0.182. The summed E-state index contributed by atoms with van der Waals surface area (Å²) in [6.45, 7) is 2.41. The fourth-order valence-corrected chi connectivity index (χ4v) is 1.49. The molecule has 1 heterocycles. The van der Waals surface area contributed by atoms with Gasteiger partial charge in [0.15, 0.2) is 10.3 Å². The molecular formula is C11H12Cl2N6O2. The summed E-state index contributed by atoms with van der Waals surface area (Å²) in [6.07, 6.45) is 0. The minimum Gasteiger partial charge on any atom is -0.322 e. The molecule has 1 aromatic rings. The number of nitrogens with one attached hydrogen (secondary N) is 1. The lowest BCUT2D eigenvalue weighted by Gasteiger charge is -2.15. The Labute approximate surface area is 130 Å². The summed E-state index contributed by atoms with van der Waals surface area (Å²) in [7, 11) is 0. The predicted octanol–water partition coefficient (Wildman–Crippen LogP) is 0.741. The number of carbonyl (C=O) groups excluding carboxylic acids is 2. The summed E-state index contributed by atoms with van der Waals surface area (Å²) in [5.41, 5.74) is 2.81. The van der Waals surface area contributed by atoms with E-state index in [0.29, 0.717) is 10.7 Å². The third kappa shape index (κ3) is 4.69. The molecule has 10 heteroatoms. The first-order valence-electron chi connectivity index (χ1n) is 5.58. The monoisotopic (exact) mass is 330 g/mol. The van der Waals surface area contributed by atoms with E-state index in [0.717, 1.165) is 0 Å². The van der Waals surface area contributed by atoms with Crippen LogP contribution in [0.25, 0.3) is 0 Å². The van der Waals surface area contributed by atoms with Gasteiger partial charge >= 0.3 is 0 Å². The molecule has 112 valence electrons. The molecule has 0 fully saturated rings. The Bertz CT molecular complexity index is 602. The number of hydrogen-bond donors (Lipinski definition) is 2. The molecule has 0 aliphatic heterocycles. The average molecular weight is 331 g/mol. The van der Waals surface area contributed by atoms with Gasteiger partial charge in [-0.3, -0.25) is 9.59 Å². The van der Waals surface area contributed by atoms with E-state index in [-0.39, 0.29) is 16.0 Å². The molecule has 0 aliphatic carbocycles. The number of hydrazone groups is 2. The molecule has 3 N–H and O–H groups in total. The van der Waals surface area contributed by atoms with Gasteiger partial charge in [0.1, 0.15) is 11.4 Å². The zero-order valence-electron chi connectivity index (χ0n) is 11.2. The van der Waals surface area contributed by atoms with E-state index in [2.05, 4.69) is 20.7 Å². The molecule has 0 atom stereocenters.